The Kier molecular flexibility index (Phi) is 5.21. The van der Waals surface area contributed by atoms with Crippen LogP contribution in [0.1, 0.15) is 44.5 Å². The van der Waals surface area contributed by atoms with Gasteiger partial charge in [-0.25, -0.2) is 0 Å². The molecule has 0 atom stereocenters. The molecule has 1 saturated carbocycles. The Labute approximate surface area is 129 Å². The summed E-state index contributed by atoms with van der Waals surface area (Å²) in [7, 11) is 0. The number of nitrogens with one attached hydrogen (secondary N) is 1. The van der Waals surface area contributed by atoms with Gasteiger partial charge in [0.15, 0.2) is 0 Å². The van der Waals surface area contributed by atoms with Crippen LogP contribution in [-0.4, -0.2) is 33.1 Å². The van der Waals surface area contributed by atoms with Crippen molar-refractivity contribution in [2.75, 3.05) is 6.54 Å². The molecule has 112 valence electrons. The van der Waals surface area contributed by atoms with Gasteiger partial charge in [0, 0.05) is 32.1 Å². The van der Waals surface area contributed by atoms with E-state index in [4.69, 9.17) is 11.1 Å². The summed E-state index contributed by atoms with van der Waals surface area (Å²) in [5.74, 6) is 0.271. The van der Waals surface area contributed by atoms with E-state index in [-0.39, 0.29) is 5.84 Å². The fourth-order valence-corrected chi connectivity index (χ4v) is 3.14. The van der Waals surface area contributed by atoms with Crippen molar-refractivity contribution in [1.29, 1.82) is 5.41 Å². The zero-order chi connectivity index (χ0) is 14.7. The van der Waals surface area contributed by atoms with E-state index in [2.05, 4.69) is 44.5 Å². The Morgan fingerprint density at radius 2 is 2.20 bits per heavy atom. The van der Waals surface area contributed by atoms with Crippen LogP contribution in [0.15, 0.2) is 4.47 Å². The topological polar surface area (TPSA) is 70.9 Å². The number of rotatable bonds is 8. The first-order chi connectivity index (χ1) is 9.56. The number of halogens is 1. The third-order valence-electron chi connectivity index (χ3n) is 3.78. The lowest BCUT2D eigenvalue weighted by Gasteiger charge is -2.22. The molecule has 20 heavy (non-hydrogen) atoms. The first-order valence-corrected chi connectivity index (χ1v) is 8.17. The van der Waals surface area contributed by atoms with E-state index < -0.39 is 0 Å². The number of hydrogen-bond donors (Lipinski definition) is 2. The summed E-state index contributed by atoms with van der Waals surface area (Å²) in [5.41, 5.74) is 7.87. The lowest BCUT2D eigenvalue weighted by Crippen LogP contribution is -2.30. The number of nitrogens with zero attached hydrogens (tertiary/aromatic N) is 3. The summed E-state index contributed by atoms with van der Waals surface area (Å²) in [6.07, 6.45) is 4.11. The molecule has 0 saturated heterocycles. The van der Waals surface area contributed by atoms with Crippen molar-refractivity contribution in [2.24, 2.45) is 5.73 Å². The van der Waals surface area contributed by atoms with Crippen molar-refractivity contribution in [1.82, 2.24) is 14.7 Å². The highest BCUT2D eigenvalue weighted by Crippen LogP contribution is 2.31. The molecular formula is C14H24BrN5. The Bertz CT molecular complexity index is 478. The van der Waals surface area contributed by atoms with Crippen molar-refractivity contribution in [2.45, 2.75) is 58.7 Å². The molecule has 1 aliphatic carbocycles. The SMILES string of the molecule is CCc1nn(CC)c(CN(CCC(=N)N)C2CC2)c1Br. The van der Waals surface area contributed by atoms with E-state index >= 15 is 0 Å². The van der Waals surface area contributed by atoms with Crippen LogP contribution >= 0.6 is 15.9 Å². The van der Waals surface area contributed by atoms with Crippen LogP contribution < -0.4 is 5.73 Å². The molecule has 5 nitrogen and oxygen atoms in total. The van der Waals surface area contributed by atoms with Gasteiger partial charge in [0.2, 0.25) is 0 Å². The van der Waals surface area contributed by atoms with E-state index in [0.717, 1.165) is 36.2 Å². The van der Waals surface area contributed by atoms with Gasteiger partial charge in [-0.2, -0.15) is 5.10 Å². The Hall–Kier alpha value is -0.880. The molecule has 0 aliphatic heterocycles. The van der Waals surface area contributed by atoms with Gasteiger partial charge in [0.1, 0.15) is 0 Å². The first-order valence-electron chi connectivity index (χ1n) is 7.37. The van der Waals surface area contributed by atoms with Crippen LogP contribution in [0.5, 0.6) is 0 Å². The van der Waals surface area contributed by atoms with Crippen LogP contribution in [0.2, 0.25) is 0 Å². The highest BCUT2D eigenvalue weighted by atomic mass is 79.9. The molecular weight excluding hydrogens is 318 g/mol. The molecule has 1 aliphatic rings. The van der Waals surface area contributed by atoms with Gasteiger partial charge in [-0.05, 0) is 42.1 Å². The molecule has 0 unspecified atom stereocenters. The first kappa shape index (κ1) is 15.5. The maximum absolute atomic E-state index is 7.41. The smallest absolute Gasteiger partial charge is 0.0918 e. The average molecular weight is 342 g/mol. The lowest BCUT2D eigenvalue weighted by molar-refractivity contribution is 0.253. The molecule has 1 fully saturated rings. The predicted molar refractivity (Wildman–Crippen MR) is 84.9 cm³/mol. The number of aryl methyl sites for hydroxylation is 2. The molecule has 0 bridgehead atoms. The molecule has 6 heteroatoms. The molecule has 1 aromatic rings. The van der Waals surface area contributed by atoms with E-state index in [1.165, 1.54) is 18.5 Å². The van der Waals surface area contributed by atoms with Crippen LogP contribution in [0.3, 0.4) is 0 Å². The monoisotopic (exact) mass is 341 g/mol. The Balaban J connectivity index is 2.13. The van der Waals surface area contributed by atoms with Crippen LogP contribution in [0, 0.1) is 5.41 Å². The number of nitrogens with two attached hydrogens (primary N) is 1. The van der Waals surface area contributed by atoms with Crippen LogP contribution in [0.4, 0.5) is 0 Å². The van der Waals surface area contributed by atoms with E-state index in [1.54, 1.807) is 0 Å². The molecule has 3 N–H and O–H groups in total. The van der Waals surface area contributed by atoms with Gasteiger partial charge >= 0.3 is 0 Å². The van der Waals surface area contributed by atoms with Gasteiger partial charge in [-0.1, -0.05) is 6.92 Å². The van der Waals surface area contributed by atoms with Crippen molar-refractivity contribution in [3.63, 3.8) is 0 Å². The minimum atomic E-state index is 0.271. The second kappa shape index (κ2) is 6.72. The molecule has 0 amide bonds. The third-order valence-corrected chi connectivity index (χ3v) is 4.69. The lowest BCUT2D eigenvalue weighted by atomic mass is 10.2. The largest absolute Gasteiger partial charge is 0.388 e. The second-order valence-corrected chi connectivity index (χ2v) is 6.15. The van der Waals surface area contributed by atoms with E-state index in [0.29, 0.717) is 12.5 Å². The second-order valence-electron chi connectivity index (χ2n) is 5.35. The van der Waals surface area contributed by atoms with Gasteiger partial charge in [-0.15, -0.1) is 0 Å². The van der Waals surface area contributed by atoms with Gasteiger partial charge in [0.25, 0.3) is 0 Å². The summed E-state index contributed by atoms with van der Waals surface area (Å²) in [6.45, 7) is 6.89. The highest BCUT2D eigenvalue weighted by molar-refractivity contribution is 9.10. The minimum absolute atomic E-state index is 0.271. The molecule has 2 rings (SSSR count). The quantitative estimate of drug-likeness (QED) is 0.563. The fourth-order valence-electron chi connectivity index (χ4n) is 2.46. The number of amidine groups is 1. The van der Waals surface area contributed by atoms with Gasteiger partial charge in [0.05, 0.1) is 21.7 Å². The Morgan fingerprint density at radius 1 is 1.50 bits per heavy atom. The summed E-state index contributed by atoms with van der Waals surface area (Å²) >= 11 is 3.70. The Morgan fingerprint density at radius 3 is 2.70 bits per heavy atom. The number of hydrogen-bond acceptors (Lipinski definition) is 3. The van der Waals surface area contributed by atoms with Crippen molar-refractivity contribution >= 4 is 21.8 Å². The molecule has 0 aromatic carbocycles. The fraction of sp³-hybridized carbons (Fsp3) is 0.714. The summed E-state index contributed by atoms with van der Waals surface area (Å²) in [5, 5.41) is 12.1. The number of aromatic nitrogens is 2. The molecule has 1 heterocycles. The zero-order valence-electron chi connectivity index (χ0n) is 12.3. The van der Waals surface area contributed by atoms with Crippen LogP contribution in [0.25, 0.3) is 0 Å². The van der Waals surface area contributed by atoms with Gasteiger partial charge in [-0.3, -0.25) is 15.0 Å². The third kappa shape index (κ3) is 3.61. The summed E-state index contributed by atoms with van der Waals surface area (Å²) in [6, 6.07) is 0.659. The van der Waals surface area contributed by atoms with Crippen molar-refractivity contribution in [3.05, 3.63) is 15.9 Å². The highest BCUT2D eigenvalue weighted by Gasteiger charge is 2.30. The summed E-state index contributed by atoms with van der Waals surface area (Å²) < 4.78 is 3.24. The summed E-state index contributed by atoms with van der Waals surface area (Å²) in [4.78, 5) is 2.44. The average Bonchev–Trinajstić information content (AvgIpc) is 3.21. The maximum atomic E-state index is 7.41. The molecule has 1 aromatic heterocycles. The molecule has 0 spiro atoms. The van der Waals surface area contributed by atoms with E-state index in [9.17, 15) is 0 Å². The maximum Gasteiger partial charge on any atom is 0.0918 e. The van der Waals surface area contributed by atoms with Crippen molar-refractivity contribution in [3.8, 4) is 0 Å². The van der Waals surface area contributed by atoms with Crippen LogP contribution in [-0.2, 0) is 19.5 Å². The van der Waals surface area contributed by atoms with Crippen molar-refractivity contribution < 1.29 is 0 Å². The van der Waals surface area contributed by atoms with E-state index in [1.807, 2.05) is 0 Å². The standard InChI is InChI=1S/C14H24BrN5/c1-3-11-14(15)12(20(4-2)18-11)9-19(10-5-6-10)8-7-13(16)17/h10H,3-9H2,1-2H3,(H3,16,17). The molecule has 0 radical (unpaired) electrons. The zero-order valence-corrected chi connectivity index (χ0v) is 13.9. The van der Waals surface area contributed by atoms with Gasteiger partial charge < -0.3 is 5.73 Å². The minimum Gasteiger partial charge on any atom is -0.388 e. The predicted octanol–water partition coefficient (Wildman–Crippen LogP) is 2.52. The normalized spacial score (nSPS) is 15.0.